The number of anilines is 3. The first-order chi connectivity index (χ1) is 12.4. The molecule has 2 rings (SSSR count). The minimum absolute atomic E-state index is 0.201. The molecule has 0 aliphatic heterocycles. The number of para-hydroxylation sites is 2. The van der Waals surface area contributed by atoms with Crippen LogP contribution in [0.3, 0.4) is 0 Å². The molecule has 2 aromatic carbocycles. The number of benzene rings is 2. The van der Waals surface area contributed by atoms with Crippen molar-refractivity contribution in [3.8, 4) is 5.75 Å². The Morgan fingerprint density at radius 1 is 1.12 bits per heavy atom. The van der Waals surface area contributed by atoms with Gasteiger partial charge < -0.3 is 20.7 Å². The number of ether oxygens (including phenoxy) is 1. The highest BCUT2D eigenvalue weighted by atomic mass is 35.5. The van der Waals surface area contributed by atoms with Gasteiger partial charge in [0.25, 0.3) is 0 Å². The molecule has 0 aliphatic rings. The van der Waals surface area contributed by atoms with Crippen LogP contribution in [0.25, 0.3) is 0 Å². The van der Waals surface area contributed by atoms with Gasteiger partial charge in [0.05, 0.1) is 23.0 Å². The lowest BCUT2D eigenvalue weighted by atomic mass is 10.2. The van der Waals surface area contributed by atoms with E-state index in [0.717, 1.165) is 0 Å². The predicted octanol–water partition coefficient (Wildman–Crippen LogP) is 4.14. The molecule has 26 heavy (non-hydrogen) atoms. The number of nitrogens with one attached hydrogen (secondary N) is 3. The molecule has 0 fully saturated rings. The van der Waals surface area contributed by atoms with Crippen LogP contribution >= 0.6 is 11.6 Å². The third-order valence-electron chi connectivity index (χ3n) is 3.50. The number of carbonyl (C=O) groups is 2. The van der Waals surface area contributed by atoms with Crippen LogP contribution in [-0.4, -0.2) is 24.5 Å². The largest absolute Gasteiger partial charge is 0.492 e. The number of hydrogen-bond acceptors (Lipinski definition) is 4. The van der Waals surface area contributed by atoms with Crippen LogP contribution in [0.5, 0.6) is 5.75 Å². The lowest BCUT2D eigenvalue weighted by Gasteiger charge is -2.17. The van der Waals surface area contributed by atoms with E-state index in [1.54, 1.807) is 37.3 Å². The summed E-state index contributed by atoms with van der Waals surface area (Å²) in [6, 6.07) is 11.8. The average molecular weight is 376 g/mol. The van der Waals surface area contributed by atoms with Gasteiger partial charge in [0.2, 0.25) is 11.8 Å². The smallest absolute Gasteiger partial charge is 0.246 e. The maximum atomic E-state index is 12.5. The quantitative estimate of drug-likeness (QED) is 0.679. The number of rotatable bonds is 7. The van der Waals surface area contributed by atoms with Crippen LogP contribution in [0.1, 0.15) is 20.8 Å². The van der Waals surface area contributed by atoms with Crippen molar-refractivity contribution in [2.75, 3.05) is 22.6 Å². The lowest BCUT2D eigenvalue weighted by Crippen LogP contribution is -2.32. The highest BCUT2D eigenvalue weighted by Gasteiger charge is 2.15. The normalized spacial score (nSPS) is 11.4. The maximum Gasteiger partial charge on any atom is 0.246 e. The summed E-state index contributed by atoms with van der Waals surface area (Å²) >= 11 is 6.15. The Morgan fingerprint density at radius 3 is 2.50 bits per heavy atom. The molecule has 6 nitrogen and oxygen atoms in total. The molecule has 2 aromatic rings. The second-order valence-electron chi connectivity index (χ2n) is 5.66. The van der Waals surface area contributed by atoms with Crippen molar-refractivity contribution in [2.45, 2.75) is 26.8 Å². The fourth-order valence-corrected chi connectivity index (χ4v) is 2.53. The fraction of sp³-hybridized carbons (Fsp3) is 0.263. The van der Waals surface area contributed by atoms with E-state index >= 15 is 0 Å². The molecular weight excluding hydrogens is 354 g/mol. The first-order valence-electron chi connectivity index (χ1n) is 8.27. The summed E-state index contributed by atoms with van der Waals surface area (Å²) in [5.74, 6) is 0.214. The van der Waals surface area contributed by atoms with Crippen molar-refractivity contribution < 1.29 is 14.3 Å². The Kier molecular flexibility index (Phi) is 6.86. The first kappa shape index (κ1) is 19.6. The third kappa shape index (κ3) is 5.39. The summed E-state index contributed by atoms with van der Waals surface area (Å²) < 4.78 is 5.51. The molecule has 0 bridgehead atoms. The molecule has 0 saturated carbocycles. The van der Waals surface area contributed by atoms with Crippen LogP contribution in [0, 0.1) is 0 Å². The Morgan fingerprint density at radius 2 is 1.85 bits per heavy atom. The predicted molar refractivity (Wildman–Crippen MR) is 105 cm³/mol. The lowest BCUT2D eigenvalue weighted by molar-refractivity contribution is -0.116. The number of halogens is 1. The highest BCUT2D eigenvalue weighted by Crippen LogP contribution is 2.27. The number of hydrogen-bond donors (Lipinski definition) is 3. The third-order valence-corrected chi connectivity index (χ3v) is 3.81. The zero-order valence-electron chi connectivity index (χ0n) is 14.9. The van der Waals surface area contributed by atoms with E-state index < -0.39 is 6.04 Å². The van der Waals surface area contributed by atoms with Gasteiger partial charge >= 0.3 is 0 Å². The van der Waals surface area contributed by atoms with Crippen molar-refractivity contribution >= 4 is 40.5 Å². The maximum absolute atomic E-state index is 12.5. The summed E-state index contributed by atoms with van der Waals surface area (Å²) in [5.41, 5.74) is 1.81. The minimum atomic E-state index is -0.507. The first-order valence-corrected chi connectivity index (χ1v) is 8.65. The molecule has 3 N–H and O–H groups in total. The van der Waals surface area contributed by atoms with E-state index in [1.807, 2.05) is 19.1 Å². The molecule has 138 valence electrons. The molecule has 0 radical (unpaired) electrons. The number of amides is 2. The molecule has 0 aliphatic carbocycles. The average Bonchev–Trinajstić information content (AvgIpc) is 2.59. The van der Waals surface area contributed by atoms with Gasteiger partial charge in [0.15, 0.2) is 0 Å². The van der Waals surface area contributed by atoms with Gasteiger partial charge in [0, 0.05) is 12.6 Å². The van der Waals surface area contributed by atoms with Crippen LogP contribution in [0.15, 0.2) is 42.5 Å². The minimum Gasteiger partial charge on any atom is -0.492 e. The zero-order valence-corrected chi connectivity index (χ0v) is 15.7. The van der Waals surface area contributed by atoms with Crippen LogP contribution in [0.4, 0.5) is 17.1 Å². The molecule has 2 amide bonds. The molecule has 1 atom stereocenters. The van der Waals surface area contributed by atoms with Gasteiger partial charge in [-0.3, -0.25) is 9.59 Å². The summed E-state index contributed by atoms with van der Waals surface area (Å²) in [5, 5.41) is 8.96. The van der Waals surface area contributed by atoms with E-state index in [4.69, 9.17) is 16.3 Å². The van der Waals surface area contributed by atoms with Gasteiger partial charge in [-0.15, -0.1) is 0 Å². The molecule has 1 unspecified atom stereocenters. The van der Waals surface area contributed by atoms with Gasteiger partial charge in [-0.2, -0.15) is 0 Å². The monoisotopic (exact) mass is 375 g/mol. The second kappa shape index (κ2) is 9.10. The Bertz CT molecular complexity index is 795. The van der Waals surface area contributed by atoms with E-state index in [9.17, 15) is 9.59 Å². The van der Waals surface area contributed by atoms with Crippen LogP contribution in [0.2, 0.25) is 5.02 Å². The Hall–Kier alpha value is -2.73. The summed E-state index contributed by atoms with van der Waals surface area (Å²) in [4.78, 5) is 23.6. The SMILES string of the molecule is CCOc1ccccc1NC(=O)C(C)Nc1ccc(NC(C)=O)c(Cl)c1. The highest BCUT2D eigenvalue weighted by molar-refractivity contribution is 6.34. The summed E-state index contributed by atoms with van der Waals surface area (Å²) in [6.07, 6.45) is 0. The van der Waals surface area contributed by atoms with Crippen LogP contribution in [-0.2, 0) is 9.59 Å². The molecule has 7 heteroatoms. The van der Waals surface area contributed by atoms with Crippen LogP contribution < -0.4 is 20.7 Å². The number of carbonyl (C=O) groups excluding carboxylic acids is 2. The van der Waals surface area contributed by atoms with Gasteiger partial charge in [-0.25, -0.2) is 0 Å². The molecule has 0 heterocycles. The molecule has 0 saturated heterocycles. The Labute approximate surface area is 157 Å². The van der Waals surface area contributed by atoms with E-state index in [0.29, 0.717) is 34.4 Å². The van der Waals surface area contributed by atoms with Gasteiger partial charge in [-0.05, 0) is 44.2 Å². The molecule has 0 aromatic heterocycles. The standard InChI is InChI=1S/C19H22ClN3O3/c1-4-26-18-8-6-5-7-17(18)23-19(25)12(2)21-14-9-10-16(15(20)11-14)22-13(3)24/h5-12,21H,4H2,1-3H3,(H,22,24)(H,23,25). The van der Waals surface area contributed by atoms with E-state index in [-0.39, 0.29) is 11.8 Å². The van der Waals surface area contributed by atoms with Gasteiger partial charge in [-0.1, -0.05) is 23.7 Å². The summed E-state index contributed by atoms with van der Waals surface area (Å²) in [7, 11) is 0. The van der Waals surface area contributed by atoms with Crippen molar-refractivity contribution in [3.05, 3.63) is 47.5 Å². The molecular formula is C19H22ClN3O3. The van der Waals surface area contributed by atoms with Crippen molar-refractivity contribution in [1.82, 2.24) is 0 Å². The second-order valence-corrected chi connectivity index (χ2v) is 6.07. The van der Waals surface area contributed by atoms with Crippen molar-refractivity contribution in [2.24, 2.45) is 0 Å². The topological polar surface area (TPSA) is 79.5 Å². The van der Waals surface area contributed by atoms with Crippen molar-refractivity contribution in [1.29, 1.82) is 0 Å². The van der Waals surface area contributed by atoms with Gasteiger partial charge in [0.1, 0.15) is 11.8 Å². The Balaban J connectivity index is 2.03. The fourth-order valence-electron chi connectivity index (χ4n) is 2.30. The van der Waals surface area contributed by atoms with E-state index in [2.05, 4.69) is 16.0 Å². The molecule has 0 spiro atoms. The van der Waals surface area contributed by atoms with E-state index in [1.165, 1.54) is 6.92 Å². The van der Waals surface area contributed by atoms with Crippen molar-refractivity contribution in [3.63, 3.8) is 0 Å². The summed E-state index contributed by atoms with van der Waals surface area (Å²) in [6.45, 7) is 5.56. The zero-order chi connectivity index (χ0) is 19.1.